The SMILES string of the molecule is CC(C)(Sc1nc(CCN(Cc2ccc(-c3ccccc3)cc2)c2nc(-c3ccc(N4CCCC4)cc3)cs2)cs1)C(=O)O. The van der Waals surface area contributed by atoms with Crippen LogP contribution in [0.5, 0.6) is 0 Å². The van der Waals surface area contributed by atoms with E-state index in [-0.39, 0.29) is 0 Å². The summed E-state index contributed by atoms with van der Waals surface area (Å²) < 4.78 is -0.138. The van der Waals surface area contributed by atoms with Gasteiger partial charge < -0.3 is 14.9 Å². The lowest BCUT2D eigenvalue weighted by Crippen LogP contribution is -2.27. The molecule has 0 unspecified atom stereocenters. The number of rotatable bonds is 12. The van der Waals surface area contributed by atoms with Crippen molar-refractivity contribution in [1.82, 2.24) is 9.97 Å². The molecule has 0 bridgehead atoms. The molecule has 0 aliphatic carbocycles. The Bertz CT molecular complexity index is 1680. The zero-order valence-electron chi connectivity index (χ0n) is 25.0. The Hall–Kier alpha value is -3.66. The molecule has 0 radical (unpaired) electrons. The van der Waals surface area contributed by atoms with Crippen molar-refractivity contribution in [3.63, 3.8) is 0 Å². The van der Waals surface area contributed by atoms with Crippen LogP contribution in [0.15, 0.2) is 94.0 Å². The van der Waals surface area contributed by atoms with Crippen LogP contribution in [0.4, 0.5) is 10.8 Å². The summed E-state index contributed by atoms with van der Waals surface area (Å²) in [6, 6.07) is 28.0. The standard InChI is InChI=1S/C35H36N4O2S3/c1-35(2,32(40)41)44-34-36-29(23-43-34)18-21-39(22-25-10-12-27(13-11-25)26-8-4-3-5-9-26)33-37-31(24-42-33)28-14-16-30(17-15-28)38-19-6-7-20-38/h3-5,8-17,23-24H,6-7,18-22H2,1-2H3,(H,40,41). The molecule has 1 fully saturated rings. The van der Waals surface area contributed by atoms with Gasteiger partial charge in [0, 0.05) is 54.6 Å². The Balaban J connectivity index is 1.20. The summed E-state index contributed by atoms with van der Waals surface area (Å²) in [5.41, 5.74) is 8.00. The highest BCUT2D eigenvalue weighted by Gasteiger charge is 2.30. The van der Waals surface area contributed by atoms with Crippen LogP contribution >= 0.6 is 34.4 Å². The molecule has 3 heterocycles. The molecule has 0 atom stereocenters. The summed E-state index contributed by atoms with van der Waals surface area (Å²) in [6.45, 7) is 7.18. The van der Waals surface area contributed by atoms with E-state index in [4.69, 9.17) is 9.97 Å². The Labute approximate surface area is 271 Å². The maximum atomic E-state index is 11.6. The van der Waals surface area contributed by atoms with E-state index in [1.54, 1.807) is 25.2 Å². The quantitative estimate of drug-likeness (QED) is 0.137. The first-order chi connectivity index (χ1) is 21.3. The Morgan fingerprint density at radius 3 is 2.27 bits per heavy atom. The molecule has 0 spiro atoms. The number of thioether (sulfide) groups is 1. The van der Waals surface area contributed by atoms with E-state index in [0.717, 1.165) is 59.0 Å². The van der Waals surface area contributed by atoms with Crippen LogP contribution in [0.25, 0.3) is 22.4 Å². The molecule has 0 saturated carbocycles. The first-order valence-electron chi connectivity index (χ1n) is 14.9. The summed E-state index contributed by atoms with van der Waals surface area (Å²) in [6.07, 6.45) is 3.28. The van der Waals surface area contributed by atoms with Gasteiger partial charge in [0.05, 0.1) is 11.4 Å². The van der Waals surface area contributed by atoms with E-state index < -0.39 is 10.7 Å². The molecular formula is C35H36N4O2S3. The number of benzene rings is 3. The van der Waals surface area contributed by atoms with Crippen molar-refractivity contribution in [2.45, 2.75) is 48.7 Å². The van der Waals surface area contributed by atoms with Gasteiger partial charge in [0.1, 0.15) is 4.75 Å². The predicted molar refractivity (Wildman–Crippen MR) is 185 cm³/mol. The molecule has 2 aromatic heterocycles. The second kappa shape index (κ2) is 13.5. The lowest BCUT2D eigenvalue weighted by atomic mass is 10.0. The van der Waals surface area contributed by atoms with Crippen molar-refractivity contribution in [2.75, 3.05) is 29.4 Å². The number of aliphatic carboxylic acids is 1. The zero-order chi connectivity index (χ0) is 30.5. The number of carboxylic acids is 1. The summed E-state index contributed by atoms with van der Waals surface area (Å²) in [4.78, 5) is 26.2. The highest BCUT2D eigenvalue weighted by atomic mass is 32.2. The van der Waals surface area contributed by atoms with Crippen LogP contribution < -0.4 is 9.80 Å². The van der Waals surface area contributed by atoms with E-state index in [1.807, 2.05) is 11.4 Å². The van der Waals surface area contributed by atoms with Gasteiger partial charge in [0.25, 0.3) is 0 Å². The lowest BCUT2D eigenvalue weighted by molar-refractivity contribution is -0.138. The monoisotopic (exact) mass is 640 g/mol. The van der Waals surface area contributed by atoms with Crippen LogP contribution in [-0.2, 0) is 17.8 Å². The lowest BCUT2D eigenvalue weighted by Gasteiger charge is -2.22. The number of thiazole rings is 2. The molecule has 1 aliphatic heterocycles. The highest BCUT2D eigenvalue weighted by molar-refractivity contribution is 8.03. The fourth-order valence-corrected chi connectivity index (χ4v) is 8.31. The third kappa shape index (κ3) is 7.34. The van der Waals surface area contributed by atoms with Gasteiger partial charge in [-0.15, -0.1) is 22.7 Å². The number of hydrogen-bond acceptors (Lipinski definition) is 8. The van der Waals surface area contributed by atoms with E-state index in [2.05, 4.69) is 88.0 Å². The van der Waals surface area contributed by atoms with Crippen LogP contribution in [0.1, 0.15) is 37.9 Å². The summed E-state index contributed by atoms with van der Waals surface area (Å²) >= 11 is 4.48. The smallest absolute Gasteiger partial charge is 0.319 e. The molecular weight excluding hydrogens is 605 g/mol. The molecule has 0 amide bonds. The number of hydrogen-bond donors (Lipinski definition) is 1. The topological polar surface area (TPSA) is 69.6 Å². The van der Waals surface area contributed by atoms with Gasteiger partial charge in [-0.25, -0.2) is 9.97 Å². The van der Waals surface area contributed by atoms with Gasteiger partial charge in [0.2, 0.25) is 0 Å². The molecule has 6 rings (SSSR count). The highest BCUT2D eigenvalue weighted by Crippen LogP contribution is 2.35. The number of aromatic nitrogens is 2. The van der Waals surface area contributed by atoms with Crippen LogP contribution in [-0.4, -0.2) is 45.4 Å². The van der Waals surface area contributed by atoms with Gasteiger partial charge in [0.15, 0.2) is 9.47 Å². The van der Waals surface area contributed by atoms with Gasteiger partial charge >= 0.3 is 5.97 Å². The third-order valence-corrected chi connectivity index (χ3v) is 10.9. The Kier molecular flexibility index (Phi) is 9.35. The van der Waals surface area contributed by atoms with Crippen molar-refractivity contribution >= 4 is 51.2 Å². The molecule has 44 heavy (non-hydrogen) atoms. The second-order valence-electron chi connectivity index (χ2n) is 11.5. The van der Waals surface area contributed by atoms with Gasteiger partial charge in [-0.3, -0.25) is 4.79 Å². The summed E-state index contributed by atoms with van der Waals surface area (Å²) in [7, 11) is 0. The molecule has 1 aliphatic rings. The van der Waals surface area contributed by atoms with E-state index in [1.165, 1.54) is 58.3 Å². The number of carboxylic acid groups (broad SMARTS) is 1. The number of carbonyl (C=O) groups is 1. The summed E-state index contributed by atoms with van der Waals surface area (Å²) in [5, 5.41) is 14.7. The third-order valence-electron chi connectivity index (χ3n) is 7.86. The second-order valence-corrected chi connectivity index (χ2v) is 15.1. The van der Waals surface area contributed by atoms with Gasteiger partial charge in [-0.2, -0.15) is 0 Å². The maximum absolute atomic E-state index is 11.6. The molecule has 5 aromatic rings. The first kappa shape index (κ1) is 30.4. The zero-order valence-corrected chi connectivity index (χ0v) is 27.4. The maximum Gasteiger partial charge on any atom is 0.319 e. The average molecular weight is 641 g/mol. The minimum absolute atomic E-state index is 0.730. The van der Waals surface area contributed by atoms with Crippen molar-refractivity contribution in [2.24, 2.45) is 0 Å². The molecule has 6 nitrogen and oxygen atoms in total. The fourth-order valence-electron chi connectivity index (χ4n) is 5.22. The Morgan fingerprint density at radius 2 is 1.57 bits per heavy atom. The van der Waals surface area contributed by atoms with Gasteiger partial charge in [-0.1, -0.05) is 78.5 Å². The molecule has 1 N–H and O–H groups in total. The largest absolute Gasteiger partial charge is 0.480 e. The van der Waals surface area contributed by atoms with E-state index >= 15 is 0 Å². The minimum Gasteiger partial charge on any atom is -0.480 e. The van der Waals surface area contributed by atoms with Crippen LogP contribution in [0.2, 0.25) is 0 Å². The van der Waals surface area contributed by atoms with Crippen molar-refractivity contribution in [1.29, 1.82) is 0 Å². The fraction of sp³-hybridized carbons (Fsp3) is 0.286. The average Bonchev–Trinajstić information content (AvgIpc) is 3.83. The molecule has 9 heteroatoms. The normalized spacial score (nSPS) is 13.4. The Morgan fingerprint density at radius 1 is 0.886 bits per heavy atom. The first-order valence-corrected chi connectivity index (χ1v) is 17.5. The van der Waals surface area contributed by atoms with Crippen molar-refractivity contribution < 1.29 is 9.90 Å². The molecule has 3 aromatic carbocycles. The van der Waals surface area contributed by atoms with Gasteiger partial charge in [-0.05, 0) is 55.5 Å². The van der Waals surface area contributed by atoms with Crippen molar-refractivity contribution in [3.8, 4) is 22.4 Å². The summed E-state index contributed by atoms with van der Waals surface area (Å²) in [5.74, 6) is -0.839. The predicted octanol–water partition coefficient (Wildman–Crippen LogP) is 8.74. The molecule has 1 saturated heterocycles. The van der Waals surface area contributed by atoms with E-state index in [0.29, 0.717) is 0 Å². The minimum atomic E-state index is -0.920. The van der Waals surface area contributed by atoms with E-state index in [9.17, 15) is 9.90 Å². The van der Waals surface area contributed by atoms with Crippen LogP contribution in [0.3, 0.4) is 0 Å². The molecule has 226 valence electrons. The van der Waals surface area contributed by atoms with Crippen LogP contribution in [0, 0.1) is 0 Å². The number of nitrogens with zero attached hydrogens (tertiary/aromatic N) is 4. The number of anilines is 2. The van der Waals surface area contributed by atoms with Crippen molar-refractivity contribution in [3.05, 3.63) is 101 Å².